The SMILES string of the molecule is CCCCCCCCCCCCCCCCCC(=O)OC[C@H](COP(=O)([O-])OCC[N+](C)(C)C)OC(=O)CCCCCC[C@H]1C(=O)C[C@@H](O)[C@@H]1/C=C/[C@@H](O)CCCCC. The average molecular weight is 860 g/mol. The topological polar surface area (TPSA) is 169 Å². The molecule has 0 spiro atoms. The summed E-state index contributed by atoms with van der Waals surface area (Å²) in [4.78, 5) is 50.4. The maximum absolute atomic E-state index is 12.8. The Labute approximate surface area is 358 Å². The van der Waals surface area contributed by atoms with Gasteiger partial charge in [0.2, 0.25) is 0 Å². The van der Waals surface area contributed by atoms with E-state index in [0.717, 1.165) is 51.4 Å². The third-order valence-electron chi connectivity index (χ3n) is 11.2. The van der Waals surface area contributed by atoms with Crippen molar-refractivity contribution < 1.29 is 57.1 Å². The van der Waals surface area contributed by atoms with Crippen molar-refractivity contribution >= 4 is 25.5 Å². The molecule has 1 aliphatic carbocycles. The summed E-state index contributed by atoms with van der Waals surface area (Å²) in [5.74, 6) is -1.53. The highest BCUT2D eigenvalue weighted by Gasteiger charge is 2.39. The molecule has 346 valence electrons. The molecule has 2 N–H and O–H groups in total. The second kappa shape index (κ2) is 33.9. The van der Waals surface area contributed by atoms with Crippen LogP contribution in [-0.4, -0.2) is 98.2 Å². The van der Waals surface area contributed by atoms with Gasteiger partial charge in [-0.05, 0) is 25.7 Å². The van der Waals surface area contributed by atoms with E-state index in [-0.39, 0.29) is 50.1 Å². The zero-order valence-corrected chi connectivity index (χ0v) is 38.8. The summed E-state index contributed by atoms with van der Waals surface area (Å²) in [6.45, 7) is 3.87. The van der Waals surface area contributed by atoms with Crippen LogP contribution >= 0.6 is 7.82 Å². The standard InChI is InChI=1S/C46H86NO11P/c1-6-8-10-11-12-13-14-15-16-17-18-19-20-21-26-30-45(51)55-37-40(38-57-59(53,54)56-35-34-47(3,4)5)58-46(52)31-27-23-22-25-29-41-42(44(50)36-43(41)49)33-32-39(48)28-24-9-7-2/h32-33,39-42,44,48,50H,6-31,34-38H2,1-5H3/b33-32+/t39-,40+,41+,42+,44+/m0/s1. The molecule has 13 heteroatoms. The lowest BCUT2D eigenvalue weighted by atomic mass is 9.88. The van der Waals surface area contributed by atoms with Crippen molar-refractivity contribution in [1.29, 1.82) is 0 Å². The van der Waals surface area contributed by atoms with E-state index in [1.54, 1.807) is 6.08 Å². The molecule has 0 heterocycles. The van der Waals surface area contributed by atoms with Crippen LogP contribution in [0.2, 0.25) is 0 Å². The van der Waals surface area contributed by atoms with Gasteiger partial charge in [-0.2, -0.15) is 0 Å². The summed E-state index contributed by atoms with van der Waals surface area (Å²) < 4.78 is 33.9. The molecular formula is C46H86NO11P. The fraction of sp³-hybridized carbons (Fsp3) is 0.891. The number of esters is 2. The number of rotatable bonds is 39. The summed E-state index contributed by atoms with van der Waals surface area (Å²) in [5.41, 5.74) is 0. The minimum Gasteiger partial charge on any atom is -0.756 e. The number of aliphatic hydroxyl groups excluding tert-OH is 2. The molecule has 1 rings (SSSR count). The fourth-order valence-corrected chi connectivity index (χ4v) is 8.16. The lowest BCUT2D eigenvalue weighted by Crippen LogP contribution is -2.37. The summed E-state index contributed by atoms with van der Waals surface area (Å²) in [7, 11) is 1.03. The minimum absolute atomic E-state index is 0.0429. The van der Waals surface area contributed by atoms with Gasteiger partial charge in [-0.1, -0.05) is 154 Å². The van der Waals surface area contributed by atoms with Crippen molar-refractivity contribution in [2.45, 2.75) is 206 Å². The zero-order chi connectivity index (χ0) is 43.8. The van der Waals surface area contributed by atoms with Crippen molar-refractivity contribution in [1.82, 2.24) is 0 Å². The number of Topliss-reactive ketones (excluding diaryl/α,β-unsaturated/α-hetero) is 1. The monoisotopic (exact) mass is 860 g/mol. The van der Waals surface area contributed by atoms with Gasteiger partial charge in [-0.3, -0.25) is 18.9 Å². The van der Waals surface area contributed by atoms with Crippen LogP contribution in [0.5, 0.6) is 0 Å². The number of phosphoric ester groups is 1. The molecule has 12 nitrogen and oxygen atoms in total. The number of likely N-dealkylation sites (N-methyl/N-ethyl adjacent to an activating group) is 1. The van der Waals surface area contributed by atoms with Gasteiger partial charge in [-0.25, -0.2) is 0 Å². The summed E-state index contributed by atoms with van der Waals surface area (Å²) in [5, 5.41) is 20.8. The van der Waals surface area contributed by atoms with Gasteiger partial charge in [0.25, 0.3) is 7.82 Å². The van der Waals surface area contributed by atoms with E-state index in [9.17, 15) is 34.1 Å². The van der Waals surface area contributed by atoms with Crippen LogP contribution in [0.15, 0.2) is 12.2 Å². The Morgan fingerprint density at radius 1 is 0.763 bits per heavy atom. The third-order valence-corrected chi connectivity index (χ3v) is 12.1. The molecular weight excluding hydrogens is 773 g/mol. The van der Waals surface area contributed by atoms with Crippen LogP contribution in [0.3, 0.4) is 0 Å². The maximum atomic E-state index is 12.8. The molecule has 0 aromatic heterocycles. The Morgan fingerprint density at radius 3 is 1.83 bits per heavy atom. The normalized spacial score (nSPS) is 19.3. The lowest BCUT2D eigenvalue weighted by Gasteiger charge is -2.28. The number of quaternary nitrogens is 1. The van der Waals surface area contributed by atoms with E-state index in [1.165, 1.54) is 70.6 Å². The Bertz CT molecular complexity index is 1180. The molecule has 0 aliphatic heterocycles. The number of ether oxygens (including phenoxy) is 2. The summed E-state index contributed by atoms with van der Waals surface area (Å²) in [6, 6.07) is 0. The van der Waals surface area contributed by atoms with Gasteiger partial charge in [0.15, 0.2) is 6.10 Å². The smallest absolute Gasteiger partial charge is 0.306 e. The molecule has 6 atom stereocenters. The number of hydrogen-bond acceptors (Lipinski definition) is 11. The van der Waals surface area contributed by atoms with Gasteiger partial charge in [-0.15, -0.1) is 0 Å². The minimum atomic E-state index is -4.69. The predicted molar refractivity (Wildman–Crippen MR) is 232 cm³/mol. The Kier molecular flexibility index (Phi) is 31.8. The molecule has 1 fully saturated rings. The second-order valence-corrected chi connectivity index (χ2v) is 19.3. The quantitative estimate of drug-likeness (QED) is 0.0199. The Hall–Kier alpha value is -1.66. The van der Waals surface area contributed by atoms with E-state index in [2.05, 4.69) is 13.8 Å². The van der Waals surface area contributed by atoms with E-state index in [1.807, 2.05) is 27.2 Å². The van der Waals surface area contributed by atoms with Crippen LogP contribution in [0, 0.1) is 11.8 Å². The number of nitrogens with zero attached hydrogens (tertiary/aromatic N) is 1. The number of aliphatic hydroxyl groups is 2. The highest BCUT2D eigenvalue weighted by Crippen LogP contribution is 2.38. The van der Waals surface area contributed by atoms with E-state index >= 15 is 0 Å². The Morgan fingerprint density at radius 2 is 1.27 bits per heavy atom. The van der Waals surface area contributed by atoms with Crippen molar-refractivity contribution in [2.24, 2.45) is 11.8 Å². The predicted octanol–water partition coefficient (Wildman–Crippen LogP) is 9.31. The molecule has 1 saturated carbocycles. The van der Waals surface area contributed by atoms with Gasteiger partial charge in [0, 0.05) is 31.1 Å². The van der Waals surface area contributed by atoms with Crippen LogP contribution in [0.25, 0.3) is 0 Å². The van der Waals surface area contributed by atoms with Crippen molar-refractivity contribution in [3.63, 3.8) is 0 Å². The first-order valence-electron chi connectivity index (χ1n) is 23.5. The third kappa shape index (κ3) is 30.9. The summed E-state index contributed by atoms with van der Waals surface area (Å²) in [6.07, 6.45) is 27.0. The van der Waals surface area contributed by atoms with Crippen LogP contribution in [0.1, 0.15) is 187 Å². The zero-order valence-electron chi connectivity index (χ0n) is 37.9. The molecule has 0 saturated heterocycles. The number of ketones is 1. The number of unbranched alkanes of at least 4 members (excludes halogenated alkanes) is 19. The number of carbonyl (C=O) groups excluding carboxylic acids is 3. The van der Waals surface area contributed by atoms with Gasteiger partial charge in [0.1, 0.15) is 25.5 Å². The number of hydrogen-bond donors (Lipinski definition) is 2. The fourth-order valence-electron chi connectivity index (χ4n) is 7.43. The second-order valence-electron chi connectivity index (χ2n) is 17.9. The maximum Gasteiger partial charge on any atom is 0.306 e. The van der Waals surface area contributed by atoms with Gasteiger partial charge >= 0.3 is 11.9 Å². The van der Waals surface area contributed by atoms with E-state index in [4.69, 9.17) is 18.5 Å². The van der Waals surface area contributed by atoms with Gasteiger partial charge in [0.05, 0.1) is 40.0 Å². The molecule has 1 unspecified atom stereocenters. The van der Waals surface area contributed by atoms with Gasteiger partial charge < -0.3 is 38.1 Å². The largest absolute Gasteiger partial charge is 0.756 e. The van der Waals surface area contributed by atoms with Crippen molar-refractivity contribution in [3.05, 3.63) is 12.2 Å². The molecule has 0 bridgehead atoms. The summed E-state index contributed by atoms with van der Waals surface area (Å²) >= 11 is 0. The first kappa shape index (κ1) is 55.4. The highest BCUT2D eigenvalue weighted by atomic mass is 31.2. The van der Waals surface area contributed by atoms with Crippen LogP contribution in [-0.2, 0) is 37.5 Å². The molecule has 0 amide bonds. The van der Waals surface area contributed by atoms with E-state index < -0.39 is 44.7 Å². The van der Waals surface area contributed by atoms with Crippen molar-refractivity contribution in [2.75, 3.05) is 47.5 Å². The molecule has 59 heavy (non-hydrogen) atoms. The molecule has 0 radical (unpaired) electrons. The first-order chi connectivity index (χ1) is 28.2. The first-order valence-corrected chi connectivity index (χ1v) is 25.0. The molecule has 1 aliphatic rings. The van der Waals surface area contributed by atoms with Crippen molar-refractivity contribution in [3.8, 4) is 0 Å². The Balaban J connectivity index is 2.45. The number of phosphoric acid groups is 1. The lowest BCUT2D eigenvalue weighted by molar-refractivity contribution is -0.870. The number of carbonyl (C=O) groups is 3. The average Bonchev–Trinajstić information content (AvgIpc) is 3.44. The molecule has 0 aromatic carbocycles. The van der Waals surface area contributed by atoms with Crippen LogP contribution < -0.4 is 4.89 Å². The molecule has 0 aromatic rings. The highest BCUT2D eigenvalue weighted by molar-refractivity contribution is 7.45. The van der Waals surface area contributed by atoms with E-state index in [0.29, 0.717) is 43.1 Å². The van der Waals surface area contributed by atoms with Crippen LogP contribution in [0.4, 0.5) is 0 Å².